The van der Waals surface area contributed by atoms with Crippen molar-refractivity contribution in [3.63, 3.8) is 0 Å². The SMILES string of the molecule is Fc1ccccc1C[P+](c1ccccc1)(c1ccccc1)c1ccccc1. The molecule has 0 saturated carbocycles. The zero-order chi connectivity index (χ0) is 18.5. The molecule has 0 amide bonds. The van der Waals surface area contributed by atoms with Gasteiger partial charge in [0.1, 0.15) is 35.2 Å². The van der Waals surface area contributed by atoms with Crippen LogP contribution in [0.1, 0.15) is 5.56 Å². The third-order valence-electron chi connectivity index (χ3n) is 4.96. The lowest BCUT2D eigenvalue weighted by atomic mass is 10.2. The summed E-state index contributed by atoms with van der Waals surface area (Å²) in [5.41, 5.74) is 0.766. The first-order chi connectivity index (χ1) is 13.3. The van der Waals surface area contributed by atoms with E-state index in [1.54, 1.807) is 12.1 Å². The average Bonchev–Trinajstić information content (AvgIpc) is 2.75. The molecule has 4 rings (SSSR count). The molecule has 0 spiro atoms. The maximum absolute atomic E-state index is 14.7. The summed E-state index contributed by atoms with van der Waals surface area (Å²) in [6.07, 6.45) is 0.664. The van der Waals surface area contributed by atoms with Crippen LogP contribution in [0.3, 0.4) is 0 Å². The number of hydrogen-bond acceptors (Lipinski definition) is 0. The van der Waals surface area contributed by atoms with E-state index in [1.165, 1.54) is 15.9 Å². The Hall–Kier alpha value is -2.76. The monoisotopic (exact) mass is 371 g/mol. The van der Waals surface area contributed by atoms with Gasteiger partial charge in [0.15, 0.2) is 0 Å². The highest BCUT2D eigenvalue weighted by atomic mass is 31.2. The molecule has 4 aromatic rings. The first-order valence-electron chi connectivity index (χ1n) is 9.09. The highest BCUT2D eigenvalue weighted by Gasteiger charge is 2.45. The second-order valence-electron chi connectivity index (χ2n) is 6.57. The summed E-state index contributed by atoms with van der Waals surface area (Å²) in [6.45, 7) is 0. The van der Waals surface area contributed by atoms with Crippen molar-refractivity contribution in [3.05, 3.63) is 127 Å². The number of halogens is 1. The van der Waals surface area contributed by atoms with Crippen LogP contribution in [-0.4, -0.2) is 0 Å². The van der Waals surface area contributed by atoms with E-state index in [2.05, 4.69) is 72.8 Å². The van der Waals surface area contributed by atoms with Crippen molar-refractivity contribution in [2.45, 2.75) is 6.16 Å². The van der Waals surface area contributed by atoms with Gasteiger partial charge in [-0.15, -0.1) is 0 Å². The van der Waals surface area contributed by atoms with E-state index in [1.807, 2.05) is 30.3 Å². The lowest BCUT2D eigenvalue weighted by molar-refractivity contribution is 0.617. The van der Waals surface area contributed by atoms with Gasteiger partial charge in [-0.2, -0.15) is 0 Å². The van der Waals surface area contributed by atoms with E-state index in [9.17, 15) is 4.39 Å². The zero-order valence-corrected chi connectivity index (χ0v) is 15.9. The number of hydrogen-bond donors (Lipinski definition) is 0. The summed E-state index contributed by atoms with van der Waals surface area (Å²) in [5.74, 6) is -0.135. The molecule has 0 unspecified atom stereocenters. The van der Waals surface area contributed by atoms with E-state index < -0.39 is 7.26 Å². The molecule has 0 atom stereocenters. The second-order valence-corrected chi connectivity index (χ2v) is 10.1. The van der Waals surface area contributed by atoms with Gasteiger partial charge in [0.25, 0.3) is 0 Å². The van der Waals surface area contributed by atoms with Gasteiger partial charge in [-0.1, -0.05) is 72.8 Å². The predicted octanol–water partition coefficient (Wildman–Crippen LogP) is 5.32. The van der Waals surface area contributed by atoms with Crippen LogP contribution < -0.4 is 15.9 Å². The van der Waals surface area contributed by atoms with Crippen molar-refractivity contribution < 1.29 is 4.39 Å². The number of rotatable bonds is 5. The Morgan fingerprint density at radius 3 is 1.26 bits per heavy atom. The van der Waals surface area contributed by atoms with Crippen molar-refractivity contribution in [1.29, 1.82) is 0 Å². The molecular weight excluding hydrogens is 350 g/mol. The molecule has 27 heavy (non-hydrogen) atoms. The first kappa shape index (κ1) is 17.6. The van der Waals surface area contributed by atoms with Gasteiger partial charge in [-0.3, -0.25) is 0 Å². The molecule has 0 aliphatic rings. The van der Waals surface area contributed by atoms with E-state index >= 15 is 0 Å². The normalized spacial score (nSPS) is 11.3. The largest absolute Gasteiger partial charge is 0.207 e. The Morgan fingerprint density at radius 2 is 0.852 bits per heavy atom. The molecule has 0 N–H and O–H groups in total. The van der Waals surface area contributed by atoms with E-state index in [0.29, 0.717) is 6.16 Å². The van der Waals surface area contributed by atoms with Crippen molar-refractivity contribution in [3.8, 4) is 0 Å². The topological polar surface area (TPSA) is 0 Å². The summed E-state index contributed by atoms with van der Waals surface area (Å²) in [4.78, 5) is 0. The fourth-order valence-electron chi connectivity index (χ4n) is 3.65. The molecule has 0 bridgehead atoms. The molecule has 0 aromatic heterocycles. The lowest BCUT2D eigenvalue weighted by Gasteiger charge is -2.28. The molecule has 0 saturated heterocycles. The van der Waals surface area contributed by atoms with Gasteiger partial charge in [-0.25, -0.2) is 4.39 Å². The minimum absolute atomic E-state index is 0.135. The second kappa shape index (κ2) is 7.86. The Bertz CT molecular complexity index is 901. The third-order valence-corrected chi connectivity index (χ3v) is 9.31. The fourth-order valence-corrected chi connectivity index (χ4v) is 7.90. The van der Waals surface area contributed by atoms with Crippen molar-refractivity contribution in [1.82, 2.24) is 0 Å². The van der Waals surface area contributed by atoms with Gasteiger partial charge in [0, 0.05) is 5.56 Å². The molecule has 0 radical (unpaired) electrons. The number of benzene rings is 4. The Kier molecular flexibility index (Phi) is 5.14. The minimum atomic E-state index is -2.04. The highest BCUT2D eigenvalue weighted by molar-refractivity contribution is 7.95. The van der Waals surface area contributed by atoms with Gasteiger partial charge in [0.2, 0.25) is 0 Å². The Balaban J connectivity index is 2.02. The van der Waals surface area contributed by atoms with Gasteiger partial charge in [-0.05, 0) is 42.5 Å². The summed E-state index contributed by atoms with van der Waals surface area (Å²) in [6, 6.07) is 38.9. The summed E-state index contributed by atoms with van der Waals surface area (Å²) in [5, 5.41) is 3.81. The van der Waals surface area contributed by atoms with Crippen molar-refractivity contribution >= 4 is 23.2 Å². The highest BCUT2D eigenvalue weighted by Crippen LogP contribution is 2.58. The predicted molar refractivity (Wildman–Crippen MR) is 115 cm³/mol. The van der Waals surface area contributed by atoms with Gasteiger partial charge < -0.3 is 0 Å². The van der Waals surface area contributed by atoms with Crippen LogP contribution in [0.2, 0.25) is 0 Å². The smallest absolute Gasteiger partial charge is 0.130 e. The molecule has 0 heterocycles. The Morgan fingerprint density at radius 1 is 0.481 bits per heavy atom. The van der Waals surface area contributed by atoms with Crippen LogP contribution >= 0.6 is 7.26 Å². The molecule has 0 nitrogen and oxygen atoms in total. The van der Waals surface area contributed by atoms with Crippen LogP contribution in [-0.2, 0) is 6.16 Å². The lowest BCUT2D eigenvalue weighted by Crippen LogP contribution is -2.32. The fraction of sp³-hybridized carbons (Fsp3) is 0.0400. The third kappa shape index (κ3) is 3.44. The van der Waals surface area contributed by atoms with Crippen LogP contribution in [0, 0.1) is 5.82 Å². The molecule has 132 valence electrons. The molecule has 0 aliphatic carbocycles. The minimum Gasteiger partial charge on any atom is -0.207 e. The van der Waals surface area contributed by atoms with Gasteiger partial charge >= 0.3 is 0 Å². The van der Waals surface area contributed by atoms with Crippen LogP contribution in [0.5, 0.6) is 0 Å². The maximum atomic E-state index is 14.7. The zero-order valence-electron chi connectivity index (χ0n) is 15.0. The van der Waals surface area contributed by atoms with Crippen LogP contribution in [0.15, 0.2) is 115 Å². The quantitative estimate of drug-likeness (QED) is 0.417. The van der Waals surface area contributed by atoms with Crippen molar-refractivity contribution in [2.24, 2.45) is 0 Å². The molecular formula is C25H21FP+. The standard InChI is InChI=1S/C25H21FP/c26-25-19-11-10-12-21(25)20-27(22-13-4-1-5-14-22,23-15-6-2-7-16-23)24-17-8-3-9-18-24/h1-19H,20H2/q+1. The Labute approximate surface area is 160 Å². The molecule has 0 aliphatic heterocycles. The molecule has 2 heteroatoms. The summed E-state index contributed by atoms with van der Waals surface area (Å²) in [7, 11) is -2.04. The maximum Gasteiger partial charge on any atom is 0.130 e. The van der Waals surface area contributed by atoms with Gasteiger partial charge in [0.05, 0.1) is 0 Å². The van der Waals surface area contributed by atoms with Crippen LogP contribution in [0.25, 0.3) is 0 Å². The van der Waals surface area contributed by atoms with Crippen LogP contribution in [0.4, 0.5) is 4.39 Å². The van der Waals surface area contributed by atoms with E-state index in [0.717, 1.165) is 5.56 Å². The molecule has 0 fully saturated rings. The van der Waals surface area contributed by atoms with E-state index in [4.69, 9.17) is 0 Å². The molecule has 4 aromatic carbocycles. The summed E-state index contributed by atoms with van der Waals surface area (Å²) >= 11 is 0. The van der Waals surface area contributed by atoms with E-state index in [-0.39, 0.29) is 5.82 Å². The summed E-state index contributed by atoms with van der Waals surface area (Å²) < 4.78 is 14.7. The first-order valence-corrected chi connectivity index (χ1v) is 11.1. The average molecular weight is 371 g/mol. The van der Waals surface area contributed by atoms with Crippen molar-refractivity contribution in [2.75, 3.05) is 0 Å².